The lowest BCUT2D eigenvalue weighted by Crippen LogP contribution is -2.37. The molecular weight excluding hydrogens is 234 g/mol. The van der Waals surface area contributed by atoms with Crippen LogP contribution in [0, 0.1) is 0 Å². The van der Waals surface area contributed by atoms with Crippen LogP contribution in [-0.2, 0) is 4.74 Å². The summed E-state index contributed by atoms with van der Waals surface area (Å²) in [6, 6.07) is 3.10. The first kappa shape index (κ1) is 14.2. The van der Waals surface area contributed by atoms with Crippen LogP contribution >= 0.6 is 0 Å². The van der Waals surface area contributed by atoms with E-state index in [0.717, 1.165) is 0 Å². The molecule has 0 amide bonds. The molecule has 0 aliphatic heterocycles. The fraction of sp³-hybridized carbons (Fsp3) is 0.500. The van der Waals surface area contributed by atoms with Gasteiger partial charge in [-0.2, -0.15) is 0 Å². The minimum atomic E-state index is -0.885. The number of rotatable bonds is 4. The Labute approximate surface area is 106 Å². The van der Waals surface area contributed by atoms with Crippen LogP contribution in [0.1, 0.15) is 24.3 Å². The monoisotopic (exact) mass is 253 g/mol. The number of aromatic nitrogens is 1. The first-order chi connectivity index (χ1) is 8.24. The van der Waals surface area contributed by atoms with Crippen molar-refractivity contribution in [2.45, 2.75) is 19.4 Å². The Morgan fingerprint density at radius 2 is 2.17 bits per heavy atom. The second-order valence-corrected chi connectivity index (χ2v) is 4.77. The van der Waals surface area contributed by atoms with Crippen LogP contribution in [-0.4, -0.2) is 42.4 Å². The van der Waals surface area contributed by atoms with Gasteiger partial charge in [-0.05, 0) is 26.0 Å². The molecule has 0 spiro atoms. The molecule has 1 heterocycles. The number of pyridine rings is 1. The number of esters is 1. The van der Waals surface area contributed by atoms with Crippen LogP contribution < -0.4 is 10.6 Å². The minimum absolute atomic E-state index is 0.185. The second-order valence-electron chi connectivity index (χ2n) is 4.77. The highest BCUT2D eigenvalue weighted by Gasteiger charge is 2.19. The van der Waals surface area contributed by atoms with E-state index in [0.29, 0.717) is 18.1 Å². The second kappa shape index (κ2) is 5.22. The minimum Gasteiger partial charge on any atom is -0.464 e. The number of ether oxygens (including phenoxy) is 1. The Kier molecular flexibility index (Phi) is 4.13. The molecule has 6 nitrogen and oxygen atoms in total. The van der Waals surface area contributed by atoms with E-state index in [1.54, 1.807) is 31.9 Å². The predicted octanol–water partition coefficient (Wildman–Crippen LogP) is 0.657. The Morgan fingerprint density at radius 3 is 2.67 bits per heavy atom. The summed E-state index contributed by atoms with van der Waals surface area (Å²) >= 11 is 0. The molecule has 0 unspecified atom stereocenters. The number of carbonyl (C=O) groups excluding carboxylic acids is 1. The smallest absolute Gasteiger partial charge is 0.356 e. The fourth-order valence-corrected chi connectivity index (χ4v) is 1.64. The summed E-state index contributed by atoms with van der Waals surface area (Å²) < 4.78 is 4.60. The Morgan fingerprint density at radius 1 is 1.56 bits per heavy atom. The maximum Gasteiger partial charge on any atom is 0.356 e. The average Bonchev–Trinajstić information content (AvgIpc) is 2.26. The van der Waals surface area contributed by atoms with E-state index >= 15 is 0 Å². The third-order valence-electron chi connectivity index (χ3n) is 2.29. The molecular formula is C12H19N3O3. The fourth-order valence-electron chi connectivity index (χ4n) is 1.64. The molecule has 0 aliphatic rings. The molecule has 0 aliphatic carbocycles. The van der Waals surface area contributed by atoms with Crippen LogP contribution in [0.2, 0.25) is 0 Å². The number of methoxy groups -OCH3 is 1. The maximum atomic E-state index is 11.4. The van der Waals surface area contributed by atoms with Crippen molar-refractivity contribution in [2.75, 3.05) is 31.3 Å². The van der Waals surface area contributed by atoms with Gasteiger partial charge >= 0.3 is 5.97 Å². The highest BCUT2D eigenvalue weighted by atomic mass is 16.5. The quantitative estimate of drug-likeness (QED) is 0.766. The van der Waals surface area contributed by atoms with Crippen molar-refractivity contribution in [3.05, 3.63) is 17.8 Å². The summed E-state index contributed by atoms with van der Waals surface area (Å²) in [6.45, 7) is 3.71. The van der Waals surface area contributed by atoms with Crippen LogP contribution in [0.25, 0.3) is 0 Å². The number of nitrogens with two attached hydrogens (primary N) is 1. The van der Waals surface area contributed by atoms with Crippen molar-refractivity contribution in [1.29, 1.82) is 0 Å². The Hall–Kier alpha value is -1.82. The van der Waals surface area contributed by atoms with Crippen molar-refractivity contribution < 1.29 is 14.6 Å². The number of aliphatic hydroxyl groups is 1. The van der Waals surface area contributed by atoms with Crippen molar-refractivity contribution in [2.24, 2.45) is 0 Å². The third-order valence-corrected chi connectivity index (χ3v) is 2.29. The molecule has 0 saturated heterocycles. The van der Waals surface area contributed by atoms with E-state index in [1.165, 1.54) is 13.2 Å². The van der Waals surface area contributed by atoms with Crippen LogP contribution in [0.5, 0.6) is 0 Å². The molecule has 3 N–H and O–H groups in total. The molecule has 100 valence electrons. The summed E-state index contributed by atoms with van der Waals surface area (Å²) in [7, 11) is 3.04. The zero-order valence-corrected chi connectivity index (χ0v) is 11.1. The average molecular weight is 253 g/mol. The van der Waals surface area contributed by atoms with Crippen molar-refractivity contribution >= 4 is 17.5 Å². The lowest BCUT2D eigenvalue weighted by molar-refractivity contribution is 0.0594. The summed E-state index contributed by atoms with van der Waals surface area (Å²) in [5.41, 5.74) is 5.55. The number of likely N-dealkylation sites (N-methyl/N-ethyl adjacent to an activating group) is 1. The van der Waals surface area contributed by atoms with Crippen LogP contribution in [0.15, 0.2) is 12.1 Å². The van der Waals surface area contributed by atoms with Crippen molar-refractivity contribution in [1.82, 2.24) is 4.98 Å². The van der Waals surface area contributed by atoms with Gasteiger partial charge in [0.15, 0.2) is 11.5 Å². The maximum absolute atomic E-state index is 11.4. The molecule has 0 fully saturated rings. The number of anilines is 2. The van der Waals surface area contributed by atoms with Crippen molar-refractivity contribution in [3.8, 4) is 0 Å². The lowest BCUT2D eigenvalue weighted by Gasteiger charge is -2.27. The van der Waals surface area contributed by atoms with Gasteiger partial charge in [0.25, 0.3) is 0 Å². The number of hydrogen-bond donors (Lipinski definition) is 2. The summed E-state index contributed by atoms with van der Waals surface area (Å²) in [4.78, 5) is 17.2. The molecule has 1 rings (SSSR count). The number of carbonyl (C=O) groups is 1. The Balaban J connectivity index is 3.04. The molecule has 0 atom stereocenters. The standard InChI is InChI=1S/C12H19N3O3/c1-12(2,17)7-15(3)10-8(13)5-6-9(14-10)11(16)18-4/h5-6,17H,7,13H2,1-4H3. The molecule has 0 bridgehead atoms. The van der Waals surface area contributed by atoms with Gasteiger partial charge in [0.2, 0.25) is 0 Å². The normalized spacial score (nSPS) is 11.2. The van der Waals surface area contributed by atoms with E-state index in [-0.39, 0.29) is 5.69 Å². The van der Waals surface area contributed by atoms with Crippen LogP contribution in [0.4, 0.5) is 11.5 Å². The van der Waals surface area contributed by atoms with Gasteiger partial charge in [-0.3, -0.25) is 0 Å². The summed E-state index contributed by atoms with van der Waals surface area (Å²) in [5.74, 6) is -0.0760. The molecule has 0 saturated carbocycles. The highest BCUT2D eigenvalue weighted by molar-refractivity contribution is 5.88. The largest absolute Gasteiger partial charge is 0.464 e. The third kappa shape index (κ3) is 3.59. The Bertz CT molecular complexity index is 441. The van der Waals surface area contributed by atoms with Gasteiger partial charge in [-0.15, -0.1) is 0 Å². The first-order valence-corrected chi connectivity index (χ1v) is 5.53. The van der Waals surface area contributed by atoms with Crippen LogP contribution in [0.3, 0.4) is 0 Å². The molecule has 0 radical (unpaired) electrons. The van der Waals surface area contributed by atoms with Gasteiger partial charge in [-0.25, -0.2) is 9.78 Å². The van der Waals surface area contributed by atoms with Gasteiger partial charge in [0, 0.05) is 13.6 Å². The number of nitrogen functional groups attached to an aromatic ring is 1. The molecule has 0 aromatic carbocycles. The van der Waals surface area contributed by atoms with Gasteiger partial charge in [-0.1, -0.05) is 0 Å². The SMILES string of the molecule is COC(=O)c1ccc(N)c(N(C)CC(C)(C)O)n1. The van der Waals surface area contributed by atoms with E-state index in [4.69, 9.17) is 5.73 Å². The van der Waals surface area contributed by atoms with Gasteiger partial charge < -0.3 is 20.5 Å². The van der Waals surface area contributed by atoms with Gasteiger partial charge in [0.05, 0.1) is 18.4 Å². The van der Waals surface area contributed by atoms with E-state index < -0.39 is 11.6 Å². The molecule has 6 heteroatoms. The van der Waals surface area contributed by atoms with E-state index in [2.05, 4.69) is 9.72 Å². The molecule has 18 heavy (non-hydrogen) atoms. The van der Waals surface area contributed by atoms with Crippen molar-refractivity contribution in [3.63, 3.8) is 0 Å². The lowest BCUT2D eigenvalue weighted by atomic mass is 10.1. The summed E-state index contributed by atoms with van der Waals surface area (Å²) in [6.07, 6.45) is 0. The summed E-state index contributed by atoms with van der Waals surface area (Å²) in [5, 5.41) is 9.76. The predicted molar refractivity (Wildman–Crippen MR) is 69.6 cm³/mol. The molecule has 1 aromatic heterocycles. The number of nitrogens with zero attached hydrogens (tertiary/aromatic N) is 2. The number of hydrogen-bond acceptors (Lipinski definition) is 6. The zero-order chi connectivity index (χ0) is 13.9. The van der Waals surface area contributed by atoms with E-state index in [9.17, 15) is 9.90 Å². The zero-order valence-electron chi connectivity index (χ0n) is 11.1. The topological polar surface area (TPSA) is 88.7 Å². The first-order valence-electron chi connectivity index (χ1n) is 5.53. The highest BCUT2D eigenvalue weighted by Crippen LogP contribution is 2.21. The van der Waals surface area contributed by atoms with E-state index in [1.807, 2.05) is 0 Å². The molecule has 1 aromatic rings. The van der Waals surface area contributed by atoms with Gasteiger partial charge in [0.1, 0.15) is 0 Å².